The van der Waals surface area contributed by atoms with Crippen molar-refractivity contribution in [1.82, 2.24) is 0 Å². The van der Waals surface area contributed by atoms with Gasteiger partial charge in [0.25, 0.3) is 0 Å². The molecular weight excluding hydrogens is 317 g/mol. The highest BCUT2D eigenvalue weighted by molar-refractivity contribution is 5.90. The van der Waals surface area contributed by atoms with Crippen LogP contribution in [0, 0.1) is 5.82 Å². The number of carbonyl (C=O) groups is 1. The minimum Gasteiger partial charge on any atom is -0.444 e. The van der Waals surface area contributed by atoms with Crippen molar-refractivity contribution in [3.8, 4) is 0 Å². The lowest BCUT2D eigenvalue weighted by atomic mass is 10.1. The van der Waals surface area contributed by atoms with Crippen LogP contribution >= 0.6 is 0 Å². The third-order valence-electron chi connectivity index (χ3n) is 4.61. The molecule has 3 unspecified atom stereocenters. The summed E-state index contributed by atoms with van der Waals surface area (Å²) in [6.07, 6.45) is 0.977. The van der Waals surface area contributed by atoms with Crippen LogP contribution in [0.25, 0.3) is 10.4 Å². The normalized spacial score (nSPS) is 28.2. The molecule has 0 spiro atoms. The molecule has 3 atom stereocenters. The quantitative estimate of drug-likeness (QED) is 0.481. The van der Waals surface area contributed by atoms with Gasteiger partial charge in [-0.1, -0.05) is 5.11 Å². The Hall–Kier alpha value is -2.51. The molecule has 3 heterocycles. The lowest BCUT2D eigenvalue weighted by Crippen LogP contribution is -2.33. The third kappa shape index (κ3) is 2.51. The number of nitrogens with zero attached hydrogens (tertiary/aromatic N) is 5. The highest BCUT2D eigenvalue weighted by atomic mass is 19.1. The number of carbonyl (C=O) groups excluding carboxylic acids is 1. The Balaban J connectivity index is 1.52. The van der Waals surface area contributed by atoms with Crippen molar-refractivity contribution in [3.63, 3.8) is 0 Å². The van der Waals surface area contributed by atoms with Crippen LogP contribution < -0.4 is 9.80 Å². The van der Waals surface area contributed by atoms with Crippen LogP contribution in [-0.2, 0) is 9.47 Å². The van der Waals surface area contributed by atoms with Gasteiger partial charge in [-0.15, -0.1) is 0 Å². The summed E-state index contributed by atoms with van der Waals surface area (Å²) in [6, 6.07) is 4.70. The van der Waals surface area contributed by atoms with Gasteiger partial charge in [0.1, 0.15) is 18.1 Å². The highest BCUT2D eigenvalue weighted by Crippen LogP contribution is 2.37. The first-order chi connectivity index (χ1) is 11.7. The Morgan fingerprint density at radius 1 is 1.38 bits per heavy atom. The molecule has 1 aromatic rings. The standard InChI is InChI=1S/C15H16FN5O3/c16-12-5-9(20-8-11(6-18-19-17)24-15(20)22)1-3-13(12)21-7-10-2-4-14(21)23-10/h1,3,5,10-11,14H,2,4,6-8H2. The summed E-state index contributed by atoms with van der Waals surface area (Å²) in [5.74, 6) is -0.394. The summed E-state index contributed by atoms with van der Waals surface area (Å²) < 4.78 is 25.4. The van der Waals surface area contributed by atoms with E-state index in [2.05, 4.69) is 10.0 Å². The fraction of sp³-hybridized carbons (Fsp3) is 0.533. The molecule has 3 saturated heterocycles. The van der Waals surface area contributed by atoms with Crippen molar-refractivity contribution in [2.45, 2.75) is 31.3 Å². The van der Waals surface area contributed by atoms with Crippen LogP contribution in [0.1, 0.15) is 12.8 Å². The minimum atomic E-state index is -0.566. The lowest BCUT2D eigenvalue weighted by molar-refractivity contribution is 0.108. The van der Waals surface area contributed by atoms with Gasteiger partial charge in [0.15, 0.2) is 0 Å². The number of benzene rings is 1. The zero-order chi connectivity index (χ0) is 16.7. The molecule has 24 heavy (non-hydrogen) atoms. The number of piperidine rings is 1. The predicted molar refractivity (Wildman–Crippen MR) is 83.3 cm³/mol. The first-order valence-corrected chi connectivity index (χ1v) is 7.86. The molecule has 0 N–H and O–H groups in total. The highest BCUT2D eigenvalue weighted by Gasteiger charge is 2.40. The smallest absolute Gasteiger partial charge is 0.414 e. The van der Waals surface area contributed by atoms with E-state index in [1.54, 1.807) is 12.1 Å². The Morgan fingerprint density at radius 3 is 2.92 bits per heavy atom. The van der Waals surface area contributed by atoms with Crippen molar-refractivity contribution in [3.05, 3.63) is 34.5 Å². The summed E-state index contributed by atoms with van der Waals surface area (Å²) in [7, 11) is 0. The molecule has 1 aromatic carbocycles. The van der Waals surface area contributed by atoms with E-state index in [0.717, 1.165) is 12.8 Å². The van der Waals surface area contributed by atoms with Crippen molar-refractivity contribution in [1.29, 1.82) is 0 Å². The van der Waals surface area contributed by atoms with Gasteiger partial charge in [-0.05, 0) is 36.6 Å². The van der Waals surface area contributed by atoms with Gasteiger partial charge in [-0.3, -0.25) is 4.90 Å². The van der Waals surface area contributed by atoms with E-state index >= 15 is 0 Å². The summed E-state index contributed by atoms with van der Waals surface area (Å²) in [5, 5.41) is 3.40. The first-order valence-electron chi connectivity index (χ1n) is 7.86. The summed E-state index contributed by atoms with van der Waals surface area (Å²) in [6.45, 7) is 0.989. The van der Waals surface area contributed by atoms with Crippen molar-refractivity contribution >= 4 is 17.5 Å². The van der Waals surface area contributed by atoms with Crippen molar-refractivity contribution < 1.29 is 18.7 Å². The van der Waals surface area contributed by atoms with Gasteiger partial charge in [0.05, 0.1) is 30.6 Å². The first kappa shape index (κ1) is 15.0. The van der Waals surface area contributed by atoms with Crippen molar-refractivity contribution in [2.75, 3.05) is 29.4 Å². The van der Waals surface area contributed by atoms with E-state index in [-0.39, 0.29) is 25.4 Å². The number of cyclic esters (lactones) is 1. The fourth-order valence-electron chi connectivity index (χ4n) is 3.49. The number of amides is 1. The zero-order valence-corrected chi connectivity index (χ0v) is 12.8. The van der Waals surface area contributed by atoms with E-state index in [1.807, 2.05) is 4.90 Å². The van der Waals surface area contributed by atoms with Gasteiger partial charge in [0, 0.05) is 11.5 Å². The van der Waals surface area contributed by atoms with Gasteiger partial charge in [-0.2, -0.15) is 0 Å². The molecule has 126 valence electrons. The van der Waals surface area contributed by atoms with Gasteiger partial charge < -0.3 is 14.4 Å². The molecule has 9 heteroatoms. The molecule has 1 amide bonds. The molecule has 0 radical (unpaired) electrons. The number of ether oxygens (including phenoxy) is 2. The number of halogens is 1. The van der Waals surface area contributed by atoms with Gasteiger partial charge in [-0.25, -0.2) is 9.18 Å². The number of hydrogen-bond acceptors (Lipinski definition) is 5. The maximum absolute atomic E-state index is 14.6. The number of azide groups is 1. The molecule has 0 aliphatic carbocycles. The van der Waals surface area contributed by atoms with E-state index in [1.165, 1.54) is 11.0 Å². The van der Waals surface area contributed by atoms with Crippen LogP contribution in [0.2, 0.25) is 0 Å². The molecule has 3 fully saturated rings. The molecule has 3 aliphatic rings. The fourth-order valence-corrected chi connectivity index (χ4v) is 3.49. The average molecular weight is 333 g/mol. The SMILES string of the molecule is [N-]=[N+]=NCC1CN(c2ccc(N3CC4CCC3O4)c(F)c2)C(=O)O1. The lowest BCUT2D eigenvalue weighted by Gasteiger charge is -2.27. The molecule has 2 bridgehead atoms. The summed E-state index contributed by atoms with van der Waals surface area (Å²) in [5.41, 5.74) is 9.25. The molecule has 8 nitrogen and oxygen atoms in total. The number of anilines is 2. The predicted octanol–water partition coefficient (Wildman–Crippen LogP) is 2.79. The second-order valence-electron chi connectivity index (χ2n) is 6.11. The second-order valence-corrected chi connectivity index (χ2v) is 6.11. The van der Waals surface area contributed by atoms with Crippen molar-refractivity contribution in [2.24, 2.45) is 5.11 Å². The molecule has 3 aliphatic heterocycles. The number of fused-ring (bicyclic) bond motifs is 2. The van der Waals surface area contributed by atoms with Crippen LogP contribution in [0.4, 0.5) is 20.6 Å². The Morgan fingerprint density at radius 2 is 2.25 bits per heavy atom. The third-order valence-corrected chi connectivity index (χ3v) is 4.61. The molecule has 0 aromatic heterocycles. The van der Waals surface area contributed by atoms with E-state index in [4.69, 9.17) is 15.0 Å². The zero-order valence-electron chi connectivity index (χ0n) is 12.8. The van der Waals surface area contributed by atoms with Gasteiger partial charge >= 0.3 is 6.09 Å². The topological polar surface area (TPSA) is 90.8 Å². The van der Waals surface area contributed by atoms with Crippen LogP contribution in [0.15, 0.2) is 23.3 Å². The number of rotatable bonds is 4. The monoisotopic (exact) mass is 333 g/mol. The van der Waals surface area contributed by atoms with Gasteiger partial charge in [0.2, 0.25) is 0 Å². The Bertz CT molecular complexity index is 723. The molecule has 4 rings (SSSR count). The van der Waals surface area contributed by atoms with Crippen LogP contribution in [0.5, 0.6) is 0 Å². The maximum atomic E-state index is 14.6. The van der Waals surface area contributed by atoms with Crippen LogP contribution in [-0.4, -0.2) is 44.2 Å². The maximum Gasteiger partial charge on any atom is 0.414 e. The Kier molecular flexibility index (Phi) is 3.66. The van der Waals surface area contributed by atoms with E-state index in [0.29, 0.717) is 17.9 Å². The average Bonchev–Trinajstić information content (AvgIpc) is 3.28. The minimum absolute atomic E-state index is 0.0553. The molecular formula is C15H16FN5O3. The largest absolute Gasteiger partial charge is 0.444 e. The second kappa shape index (κ2) is 5.85. The molecule has 0 saturated carbocycles. The number of hydrogen-bond donors (Lipinski definition) is 0. The van der Waals surface area contributed by atoms with Crippen LogP contribution in [0.3, 0.4) is 0 Å². The Labute approximate surface area is 137 Å². The summed E-state index contributed by atoms with van der Waals surface area (Å²) >= 11 is 0. The van der Waals surface area contributed by atoms with E-state index < -0.39 is 18.0 Å². The summed E-state index contributed by atoms with van der Waals surface area (Å²) in [4.78, 5) is 17.8. The van der Waals surface area contributed by atoms with E-state index in [9.17, 15) is 9.18 Å².